The Hall–Kier alpha value is -1.51. The number of hydrogen-bond acceptors (Lipinski definition) is 3. The van der Waals surface area contributed by atoms with E-state index in [1.54, 1.807) is 0 Å². The third-order valence-corrected chi connectivity index (χ3v) is 7.47. The molecule has 31 heavy (non-hydrogen) atoms. The molecule has 0 saturated heterocycles. The fraction of sp³-hybridized carbons (Fsp3) is 0.750. The number of allylic oxidation sites excluding steroid dienone is 4. The number of rotatable bonds is 4. The molecule has 0 aromatic heterocycles. The van der Waals surface area contributed by atoms with Crippen molar-refractivity contribution in [1.29, 1.82) is 0 Å². The molecule has 4 atom stereocenters. The monoisotopic (exact) mass is 426 g/mol. The Morgan fingerprint density at radius 1 is 1.00 bits per heavy atom. The van der Waals surface area contributed by atoms with Crippen molar-refractivity contribution in [2.75, 3.05) is 0 Å². The van der Waals surface area contributed by atoms with Gasteiger partial charge in [-0.25, -0.2) is 0 Å². The molecule has 0 radical (unpaired) electrons. The Balaban J connectivity index is 2.34. The van der Waals surface area contributed by atoms with Gasteiger partial charge in [0.1, 0.15) is 12.1 Å². The topological polar surface area (TPSA) is 41.8 Å². The van der Waals surface area contributed by atoms with Gasteiger partial charge >= 0.3 is 0 Å². The van der Waals surface area contributed by atoms with E-state index in [1.807, 2.05) is 6.92 Å². The maximum Gasteiger partial charge on any atom is 0.116 e. The van der Waals surface area contributed by atoms with E-state index < -0.39 is 0 Å². The Labute approximate surface area is 191 Å². The van der Waals surface area contributed by atoms with E-state index in [4.69, 9.17) is 4.99 Å². The molecule has 174 valence electrons. The summed E-state index contributed by atoms with van der Waals surface area (Å²) >= 11 is 0. The molecule has 0 bridgehead atoms. The minimum absolute atomic E-state index is 0.00948. The lowest BCUT2D eigenvalue weighted by atomic mass is 9.78. The van der Waals surface area contributed by atoms with Crippen LogP contribution in [-0.4, -0.2) is 17.8 Å². The highest BCUT2D eigenvalue weighted by Crippen LogP contribution is 2.33. The van der Waals surface area contributed by atoms with Crippen LogP contribution in [0.3, 0.4) is 0 Å². The van der Waals surface area contributed by atoms with Crippen molar-refractivity contribution in [2.24, 2.45) is 32.8 Å². The van der Waals surface area contributed by atoms with Crippen molar-refractivity contribution in [3.05, 3.63) is 40.9 Å². The average Bonchev–Trinajstić information content (AvgIpc) is 2.89. The first-order chi connectivity index (χ1) is 14.5. The van der Waals surface area contributed by atoms with Gasteiger partial charge in [0.15, 0.2) is 0 Å². The third kappa shape index (κ3) is 8.16. The smallest absolute Gasteiger partial charge is 0.116 e. The third-order valence-electron chi connectivity index (χ3n) is 7.47. The molecule has 0 amide bonds. The minimum atomic E-state index is -0.374. The first kappa shape index (κ1) is 25.7. The standard InChI is InChI=1S/C28H46N2O/c1-21-13-8-10-17-27(4,5)18-11-9-15-25(22(21)2)29-26(23(3)30-31)24-14-12-19-28(6,7)20-16-24/h12,14,16,19-23,26H,8-11,13,15,17-18H2,1-7H3. The number of hydrogen-bond donors (Lipinski definition) is 0. The highest BCUT2D eigenvalue weighted by molar-refractivity contribution is 5.87. The molecule has 2 rings (SSSR count). The van der Waals surface area contributed by atoms with Gasteiger partial charge < -0.3 is 0 Å². The summed E-state index contributed by atoms with van der Waals surface area (Å²) in [4.78, 5) is 16.9. The molecular formula is C28H46N2O. The molecule has 0 heterocycles. The number of aliphatic imine (C=N–C) groups is 1. The number of nitrogens with zero attached hydrogens (tertiary/aromatic N) is 2. The molecule has 3 nitrogen and oxygen atoms in total. The van der Waals surface area contributed by atoms with Crippen molar-refractivity contribution in [1.82, 2.24) is 0 Å². The van der Waals surface area contributed by atoms with Gasteiger partial charge in [0.2, 0.25) is 0 Å². The molecule has 0 aromatic carbocycles. The van der Waals surface area contributed by atoms with E-state index in [2.05, 4.69) is 77.1 Å². The molecule has 0 spiro atoms. The van der Waals surface area contributed by atoms with Crippen LogP contribution in [0.4, 0.5) is 0 Å². The van der Waals surface area contributed by atoms with E-state index in [-0.39, 0.29) is 17.5 Å². The van der Waals surface area contributed by atoms with E-state index in [9.17, 15) is 4.91 Å². The zero-order valence-corrected chi connectivity index (χ0v) is 21.2. The summed E-state index contributed by atoms with van der Waals surface area (Å²) < 4.78 is 0. The van der Waals surface area contributed by atoms with E-state index in [0.717, 1.165) is 12.0 Å². The average molecular weight is 427 g/mol. The maximum absolute atomic E-state index is 11.6. The summed E-state index contributed by atoms with van der Waals surface area (Å²) in [5.74, 6) is 1.05. The molecule has 0 N–H and O–H groups in total. The van der Waals surface area contributed by atoms with Crippen LogP contribution in [-0.2, 0) is 0 Å². The zero-order chi connectivity index (χ0) is 23.1. The van der Waals surface area contributed by atoms with Gasteiger partial charge in [-0.2, -0.15) is 4.91 Å². The maximum atomic E-state index is 11.6. The number of nitroso groups, excluding NO2 is 1. The Morgan fingerprint density at radius 2 is 1.68 bits per heavy atom. The van der Waals surface area contributed by atoms with Crippen molar-refractivity contribution < 1.29 is 0 Å². The van der Waals surface area contributed by atoms with Gasteiger partial charge in [0.25, 0.3) is 0 Å². The van der Waals surface area contributed by atoms with Crippen molar-refractivity contribution in [2.45, 2.75) is 112 Å². The second kappa shape index (κ2) is 11.4. The fourth-order valence-electron chi connectivity index (χ4n) is 4.82. The van der Waals surface area contributed by atoms with Gasteiger partial charge in [-0.05, 0) is 55.4 Å². The zero-order valence-electron chi connectivity index (χ0n) is 21.2. The van der Waals surface area contributed by atoms with Gasteiger partial charge in [-0.3, -0.25) is 4.99 Å². The molecule has 4 unspecified atom stereocenters. The predicted octanol–water partition coefficient (Wildman–Crippen LogP) is 8.46. The summed E-state index contributed by atoms with van der Waals surface area (Å²) in [5.41, 5.74) is 2.83. The van der Waals surface area contributed by atoms with Crippen LogP contribution in [0.1, 0.15) is 99.8 Å². The first-order valence-electron chi connectivity index (χ1n) is 12.5. The Bertz CT molecular complexity index is 711. The molecule has 0 aromatic rings. The summed E-state index contributed by atoms with van der Waals surface area (Å²) in [7, 11) is 0. The van der Waals surface area contributed by atoms with Crippen LogP contribution in [0.15, 0.2) is 46.1 Å². The van der Waals surface area contributed by atoms with Crippen molar-refractivity contribution >= 4 is 5.71 Å². The second-order valence-electron chi connectivity index (χ2n) is 11.5. The van der Waals surface area contributed by atoms with Crippen LogP contribution in [0.25, 0.3) is 0 Å². The Morgan fingerprint density at radius 3 is 2.35 bits per heavy atom. The summed E-state index contributed by atoms with van der Waals surface area (Å²) in [5, 5.41) is 3.41. The normalized spacial score (nSPS) is 30.4. The van der Waals surface area contributed by atoms with Gasteiger partial charge in [0, 0.05) is 11.1 Å². The molecule has 2 aliphatic carbocycles. The highest BCUT2D eigenvalue weighted by atomic mass is 16.3. The van der Waals surface area contributed by atoms with Crippen molar-refractivity contribution in [3.63, 3.8) is 0 Å². The summed E-state index contributed by atoms with van der Waals surface area (Å²) in [6.45, 7) is 15.9. The van der Waals surface area contributed by atoms with Crippen LogP contribution >= 0.6 is 0 Å². The minimum Gasteiger partial charge on any atom is -0.283 e. The van der Waals surface area contributed by atoms with E-state index >= 15 is 0 Å². The van der Waals surface area contributed by atoms with Crippen LogP contribution in [0.2, 0.25) is 0 Å². The van der Waals surface area contributed by atoms with Crippen LogP contribution in [0, 0.1) is 27.6 Å². The quantitative estimate of drug-likeness (QED) is 0.416. The van der Waals surface area contributed by atoms with E-state index in [0.29, 0.717) is 17.3 Å². The second-order valence-corrected chi connectivity index (χ2v) is 11.5. The van der Waals surface area contributed by atoms with Crippen LogP contribution in [0.5, 0.6) is 0 Å². The largest absolute Gasteiger partial charge is 0.283 e. The van der Waals surface area contributed by atoms with Crippen LogP contribution < -0.4 is 0 Å². The first-order valence-corrected chi connectivity index (χ1v) is 12.5. The van der Waals surface area contributed by atoms with Gasteiger partial charge in [-0.1, -0.05) is 103 Å². The molecule has 1 fully saturated rings. The molecule has 1 saturated carbocycles. The SMILES string of the molecule is CC1CCCCC(C)(C)CCCCC(=NC(C2=CC=CC(C)(C)C=C2)C(C)N=O)C1C. The highest BCUT2D eigenvalue weighted by Gasteiger charge is 2.26. The van der Waals surface area contributed by atoms with Crippen molar-refractivity contribution in [3.8, 4) is 0 Å². The molecular weight excluding hydrogens is 380 g/mol. The molecule has 3 heteroatoms. The lowest BCUT2D eigenvalue weighted by molar-refractivity contribution is 0.276. The van der Waals surface area contributed by atoms with E-state index in [1.165, 1.54) is 50.7 Å². The molecule has 0 aliphatic heterocycles. The summed E-state index contributed by atoms with van der Waals surface area (Å²) in [6, 6.07) is -0.581. The lowest BCUT2D eigenvalue weighted by Gasteiger charge is -2.29. The molecule has 2 aliphatic rings. The Kier molecular flexibility index (Phi) is 9.45. The fourth-order valence-corrected chi connectivity index (χ4v) is 4.82. The predicted molar refractivity (Wildman–Crippen MR) is 136 cm³/mol. The van der Waals surface area contributed by atoms with Gasteiger partial charge in [0.05, 0.1) is 0 Å². The lowest BCUT2D eigenvalue weighted by Crippen LogP contribution is -2.27. The summed E-state index contributed by atoms with van der Waals surface area (Å²) in [6.07, 6.45) is 20.7. The van der Waals surface area contributed by atoms with Gasteiger partial charge in [-0.15, -0.1) is 0 Å².